The van der Waals surface area contributed by atoms with E-state index in [1.807, 2.05) is 24.0 Å². The van der Waals surface area contributed by atoms with Gasteiger partial charge in [-0.15, -0.1) is 0 Å². The fraction of sp³-hybridized carbons (Fsp3) is 0.524. The number of pyridine rings is 1. The Bertz CT molecular complexity index is 852. The average molecular weight is 367 g/mol. The predicted octanol–water partition coefficient (Wildman–Crippen LogP) is 4.81. The molecule has 1 saturated carbocycles. The van der Waals surface area contributed by atoms with Crippen molar-refractivity contribution in [3.63, 3.8) is 0 Å². The SMILES string of the molecule is CC[C@@H]1CSC2=N[C@@H](c3ccccn3)[C@H](c3cc(C)n(C4CC4)c3C)N21. The van der Waals surface area contributed by atoms with Crippen molar-refractivity contribution in [2.45, 2.75) is 64.2 Å². The molecule has 5 rings (SSSR count). The Hall–Kier alpha value is -1.75. The van der Waals surface area contributed by atoms with E-state index >= 15 is 0 Å². The molecule has 4 heterocycles. The summed E-state index contributed by atoms with van der Waals surface area (Å²) in [6.45, 7) is 6.86. The summed E-state index contributed by atoms with van der Waals surface area (Å²) in [7, 11) is 0. The Morgan fingerprint density at radius 2 is 2.08 bits per heavy atom. The lowest BCUT2D eigenvalue weighted by Gasteiger charge is -2.32. The summed E-state index contributed by atoms with van der Waals surface area (Å²) in [5.74, 6) is 1.15. The maximum Gasteiger partial charge on any atom is 0.160 e. The van der Waals surface area contributed by atoms with E-state index in [9.17, 15) is 0 Å². The smallest absolute Gasteiger partial charge is 0.160 e. The van der Waals surface area contributed by atoms with Crippen LogP contribution >= 0.6 is 11.8 Å². The Kier molecular flexibility index (Phi) is 3.89. The van der Waals surface area contributed by atoms with Gasteiger partial charge in [0.2, 0.25) is 0 Å². The molecule has 0 bridgehead atoms. The van der Waals surface area contributed by atoms with Crippen LogP contribution in [0.2, 0.25) is 0 Å². The zero-order valence-corrected chi connectivity index (χ0v) is 16.5. The molecule has 0 unspecified atom stereocenters. The van der Waals surface area contributed by atoms with Crippen LogP contribution < -0.4 is 0 Å². The van der Waals surface area contributed by atoms with Crippen molar-refractivity contribution in [2.75, 3.05) is 5.75 Å². The van der Waals surface area contributed by atoms with E-state index in [0.29, 0.717) is 12.1 Å². The molecular formula is C21H26N4S. The van der Waals surface area contributed by atoms with Crippen LogP contribution in [0.5, 0.6) is 0 Å². The summed E-state index contributed by atoms with van der Waals surface area (Å²) >= 11 is 1.92. The quantitative estimate of drug-likeness (QED) is 0.778. The average Bonchev–Trinajstić information content (AvgIpc) is 3.19. The first-order valence-electron chi connectivity index (χ1n) is 9.77. The molecule has 5 heteroatoms. The predicted molar refractivity (Wildman–Crippen MR) is 108 cm³/mol. The Morgan fingerprint density at radius 1 is 1.23 bits per heavy atom. The molecule has 0 aromatic carbocycles. The maximum absolute atomic E-state index is 5.15. The molecule has 2 aliphatic heterocycles. The summed E-state index contributed by atoms with van der Waals surface area (Å²) in [4.78, 5) is 12.4. The zero-order chi connectivity index (χ0) is 17.8. The topological polar surface area (TPSA) is 33.4 Å². The summed E-state index contributed by atoms with van der Waals surface area (Å²) in [6, 6.07) is 10.3. The van der Waals surface area contributed by atoms with E-state index in [1.54, 1.807) is 0 Å². The fourth-order valence-corrected chi connectivity index (χ4v) is 6.02. The highest BCUT2D eigenvalue weighted by molar-refractivity contribution is 8.14. The Balaban J connectivity index is 1.62. The normalized spacial score (nSPS) is 27.7. The molecule has 0 radical (unpaired) electrons. The number of rotatable bonds is 4. The minimum atomic E-state index is 0.0983. The van der Waals surface area contributed by atoms with E-state index in [2.05, 4.69) is 53.4 Å². The standard InChI is InChI=1S/C21H26N4S/c1-4-15-12-26-21-23-19(18-7-5-6-10-22-18)20(25(15)21)17-11-13(2)24(14(17)3)16-8-9-16/h5-7,10-11,15-16,19-20H,4,8-9,12H2,1-3H3/t15-,19+,20+/m1/s1. The monoisotopic (exact) mass is 366 g/mol. The highest BCUT2D eigenvalue weighted by Crippen LogP contribution is 2.50. The number of aryl methyl sites for hydroxylation is 1. The second-order valence-electron chi connectivity index (χ2n) is 7.76. The largest absolute Gasteiger partial charge is 0.346 e. The Morgan fingerprint density at radius 3 is 2.77 bits per heavy atom. The first-order valence-corrected chi connectivity index (χ1v) is 10.8. The third-order valence-electron chi connectivity index (χ3n) is 6.08. The maximum atomic E-state index is 5.15. The van der Waals surface area contributed by atoms with Crippen LogP contribution in [0.3, 0.4) is 0 Å². The van der Waals surface area contributed by atoms with Crippen molar-refractivity contribution in [1.29, 1.82) is 0 Å². The molecule has 3 atom stereocenters. The third kappa shape index (κ3) is 2.43. The molecule has 26 heavy (non-hydrogen) atoms. The third-order valence-corrected chi connectivity index (χ3v) is 7.21. The van der Waals surface area contributed by atoms with E-state index in [0.717, 1.165) is 11.4 Å². The van der Waals surface area contributed by atoms with Crippen molar-refractivity contribution in [3.05, 3.63) is 53.1 Å². The van der Waals surface area contributed by atoms with Gasteiger partial charge in [0.05, 0.1) is 11.7 Å². The summed E-state index contributed by atoms with van der Waals surface area (Å²) in [5.41, 5.74) is 5.36. The van der Waals surface area contributed by atoms with Crippen LogP contribution in [0.4, 0.5) is 0 Å². The van der Waals surface area contributed by atoms with Gasteiger partial charge in [0.1, 0.15) is 6.04 Å². The molecule has 2 fully saturated rings. The molecular weight excluding hydrogens is 340 g/mol. The van der Waals surface area contributed by atoms with Gasteiger partial charge in [0.25, 0.3) is 0 Å². The molecule has 0 amide bonds. The Labute approximate surface area is 159 Å². The minimum absolute atomic E-state index is 0.0983. The molecule has 1 saturated heterocycles. The second-order valence-corrected chi connectivity index (χ2v) is 8.75. The number of thioether (sulfide) groups is 1. The van der Waals surface area contributed by atoms with E-state index in [-0.39, 0.29) is 12.1 Å². The van der Waals surface area contributed by atoms with Gasteiger partial charge in [-0.05, 0) is 56.9 Å². The van der Waals surface area contributed by atoms with Crippen molar-refractivity contribution >= 4 is 16.9 Å². The van der Waals surface area contributed by atoms with Crippen molar-refractivity contribution < 1.29 is 0 Å². The number of amidine groups is 1. The van der Waals surface area contributed by atoms with Crippen LogP contribution in [-0.2, 0) is 0 Å². The number of hydrogen-bond donors (Lipinski definition) is 0. The lowest BCUT2D eigenvalue weighted by molar-refractivity contribution is 0.254. The number of aliphatic imine (C=N–C) groups is 1. The van der Waals surface area contributed by atoms with Crippen LogP contribution in [0, 0.1) is 13.8 Å². The highest BCUT2D eigenvalue weighted by Gasteiger charge is 2.46. The number of hydrogen-bond acceptors (Lipinski definition) is 4. The van der Waals surface area contributed by atoms with Gasteiger partial charge in [0.15, 0.2) is 5.17 Å². The fourth-order valence-electron chi connectivity index (χ4n) is 4.68. The minimum Gasteiger partial charge on any atom is -0.346 e. The van der Waals surface area contributed by atoms with Gasteiger partial charge >= 0.3 is 0 Å². The molecule has 0 spiro atoms. The van der Waals surface area contributed by atoms with Crippen molar-refractivity contribution in [3.8, 4) is 0 Å². The molecule has 1 aliphatic carbocycles. The number of fused-ring (bicyclic) bond motifs is 1. The number of nitrogens with zero attached hydrogens (tertiary/aromatic N) is 4. The molecule has 2 aromatic heterocycles. The first kappa shape index (κ1) is 16.4. The van der Waals surface area contributed by atoms with Gasteiger partial charge in [-0.3, -0.25) is 9.98 Å². The first-order chi connectivity index (χ1) is 12.7. The molecule has 2 aromatic rings. The highest BCUT2D eigenvalue weighted by atomic mass is 32.2. The van der Waals surface area contributed by atoms with Crippen LogP contribution in [0.15, 0.2) is 35.5 Å². The zero-order valence-electron chi connectivity index (χ0n) is 15.7. The van der Waals surface area contributed by atoms with Gasteiger partial charge in [-0.1, -0.05) is 24.8 Å². The van der Waals surface area contributed by atoms with Gasteiger partial charge in [0, 0.05) is 35.4 Å². The summed E-state index contributed by atoms with van der Waals surface area (Å²) in [6.07, 6.45) is 5.71. The van der Waals surface area contributed by atoms with Crippen LogP contribution in [0.1, 0.15) is 67.0 Å². The summed E-state index contributed by atoms with van der Waals surface area (Å²) in [5, 5.41) is 1.22. The van der Waals surface area contributed by atoms with E-state index in [4.69, 9.17) is 4.99 Å². The summed E-state index contributed by atoms with van der Waals surface area (Å²) < 4.78 is 2.56. The lowest BCUT2D eigenvalue weighted by Crippen LogP contribution is -2.35. The molecule has 3 aliphatic rings. The van der Waals surface area contributed by atoms with E-state index in [1.165, 1.54) is 41.4 Å². The van der Waals surface area contributed by atoms with E-state index < -0.39 is 0 Å². The molecule has 4 nitrogen and oxygen atoms in total. The van der Waals surface area contributed by atoms with Gasteiger partial charge in [-0.25, -0.2) is 0 Å². The second kappa shape index (κ2) is 6.15. The van der Waals surface area contributed by atoms with Crippen LogP contribution in [-0.4, -0.2) is 31.4 Å². The van der Waals surface area contributed by atoms with Crippen molar-refractivity contribution in [2.24, 2.45) is 4.99 Å². The molecule has 0 N–H and O–H groups in total. The van der Waals surface area contributed by atoms with Crippen LogP contribution in [0.25, 0.3) is 0 Å². The van der Waals surface area contributed by atoms with Gasteiger partial charge in [-0.2, -0.15) is 0 Å². The number of aromatic nitrogens is 2. The lowest BCUT2D eigenvalue weighted by atomic mass is 9.95. The van der Waals surface area contributed by atoms with Crippen molar-refractivity contribution in [1.82, 2.24) is 14.5 Å². The van der Waals surface area contributed by atoms with Gasteiger partial charge < -0.3 is 9.47 Å². The molecule has 136 valence electrons.